The van der Waals surface area contributed by atoms with Gasteiger partial charge in [0.2, 0.25) is 0 Å². The monoisotopic (exact) mass is 434 g/mol. The number of carbonyl (C=O) groups excluding carboxylic acids is 1. The summed E-state index contributed by atoms with van der Waals surface area (Å²) in [4.78, 5) is 12.5. The van der Waals surface area contributed by atoms with Gasteiger partial charge < -0.3 is 9.88 Å². The fourth-order valence-electron chi connectivity index (χ4n) is 2.77. The lowest BCUT2D eigenvalue weighted by atomic mass is 10.1. The van der Waals surface area contributed by atoms with Crippen molar-refractivity contribution in [3.8, 4) is 0 Å². The number of nitrogens with one attached hydrogen (secondary N) is 1. The minimum atomic E-state index is -0.274. The number of hydrogen-bond acceptors (Lipinski definition) is 4. The molecule has 146 valence electrons. The lowest BCUT2D eigenvalue weighted by molar-refractivity contribution is 0.0937. The lowest BCUT2D eigenvalue weighted by Gasteiger charge is -2.14. The van der Waals surface area contributed by atoms with Crippen molar-refractivity contribution in [2.45, 2.75) is 30.8 Å². The molecule has 0 fully saturated rings. The van der Waals surface area contributed by atoms with Gasteiger partial charge in [0.25, 0.3) is 5.91 Å². The molecule has 0 saturated carbocycles. The van der Waals surface area contributed by atoms with Crippen molar-refractivity contribution < 1.29 is 4.79 Å². The first-order valence-corrected chi connectivity index (χ1v) is 10.4. The Hall–Kier alpha value is -2.02. The molecule has 1 atom stereocenters. The topological polar surface area (TPSA) is 59.8 Å². The third-order valence-corrected chi connectivity index (χ3v) is 6.18. The number of aryl methyl sites for hydroxylation is 1. The molecule has 1 N–H and O–H groups in total. The molecule has 3 rings (SSSR count). The number of aromatic nitrogens is 3. The smallest absolute Gasteiger partial charge is 0.252 e. The summed E-state index contributed by atoms with van der Waals surface area (Å²) in [6.07, 6.45) is 0. The van der Waals surface area contributed by atoms with E-state index in [2.05, 4.69) is 15.5 Å². The van der Waals surface area contributed by atoms with Crippen LogP contribution in [-0.2, 0) is 12.8 Å². The van der Waals surface area contributed by atoms with Crippen LogP contribution in [0.4, 0.5) is 0 Å². The van der Waals surface area contributed by atoms with Crippen LogP contribution in [0.2, 0.25) is 10.0 Å². The van der Waals surface area contributed by atoms with Gasteiger partial charge in [0.1, 0.15) is 0 Å². The Labute approximate surface area is 178 Å². The molecule has 0 aliphatic rings. The molecular weight excluding hydrogens is 415 g/mol. The van der Waals surface area contributed by atoms with Crippen LogP contribution >= 0.6 is 35.0 Å². The molecule has 8 heteroatoms. The zero-order valence-corrected chi connectivity index (χ0v) is 18.1. The van der Waals surface area contributed by atoms with Crippen molar-refractivity contribution in [1.82, 2.24) is 20.1 Å². The number of thioether (sulfide) groups is 1. The van der Waals surface area contributed by atoms with E-state index in [4.69, 9.17) is 23.2 Å². The molecule has 0 radical (unpaired) electrons. The van der Waals surface area contributed by atoms with E-state index < -0.39 is 0 Å². The van der Waals surface area contributed by atoms with Crippen molar-refractivity contribution in [2.24, 2.45) is 7.05 Å². The molecule has 1 aromatic heterocycles. The molecule has 0 spiro atoms. The van der Waals surface area contributed by atoms with Gasteiger partial charge >= 0.3 is 0 Å². The van der Waals surface area contributed by atoms with Crippen LogP contribution in [0.25, 0.3) is 0 Å². The number of halogens is 2. The Morgan fingerprint density at radius 2 is 1.93 bits per heavy atom. The van der Waals surface area contributed by atoms with Crippen LogP contribution in [0.5, 0.6) is 0 Å². The predicted molar refractivity (Wildman–Crippen MR) is 114 cm³/mol. The van der Waals surface area contributed by atoms with E-state index in [0.717, 1.165) is 16.3 Å². The highest BCUT2D eigenvalue weighted by molar-refractivity contribution is 7.98. The Kier molecular flexibility index (Phi) is 6.65. The second-order valence-electron chi connectivity index (χ2n) is 6.45. The number of carbonyl (C=O) groups is 1. The van der Waals surface area contributed by atoms with Gasteiger partial charge in [-0.1, -0.05) is 59.2 Å². The summed E-state index contributed by atoms with van der Waals surface area (Å²) < 4.78 is 1.89. The number of rotatable bonds is 6. The summed E-state index contributed by atoms with van der Waals surface area (Å²) in [5, 5.41) is 13.3. The second-order valence-corrected chi connectivity index (χ2v) is 8.20. The van der Waals surface area contributed by atoms with Crippen molar-refractivity contribution >= 4 is 40.9 Å². The second kappa shape index (κ2) is 8.99. The van der Waals surface area contributed by atoms with Crippen LogP contribution < -0.4 is 5.32 Å². The van der Waals surface area contributed by atoms with Crippen molar-refractivity contribution in [3.63, 3.8) is 0 Å². The summed E-state index contributed by atoms with van der Waals surface area (Å²) in [6, 6.07) is 12.8. The van der Waals surface area contributed by atoms with E-state index in [0.29, 0.717) is 27.2 Å². The maximum atomic E-state index is 12.5. The van der Waals surface area contributed by atoms with E-state index >= 15 is 0 Å². The average molecular weight is 435 g/mol. The Balaban J connectivity index is 1.67. The zero-order chi connectivity index (χ0) is 20.3. The standard InChI is InChI=1S/C20H20Cl2N4OS/c1-12-6-4-5-7-15(12)19(27)23-13(2)18-24-25-20(26(18)3)28-11-14-8-9-16(21)17(22)10-14/h4-10,13H,11H2,1-3H3,(H,23,27). The van der Waals surface area contributed by atoms with Gasteiger partial charge in [0.05, 0.1) is 16.1 Å². The molecule has 0 aliphatic carbocycles. The SMILES string of the molecule is Cc1ccccc1C(=O)NC(C)c1nnc(SCc2ccc(Cl)c(Cl)c2)n1C. The summed E-state index contributed by atoms with van der Waals surface area (Å²) in [6.45, 7) is 3.81. The van der Waals surface area contributed by atoms with E-state index in [-0.39, 0.29) is 11.9 Å². The molecule has 1 unspecified atom stereocenters. The minimum absolute atomic E-state index is 0.126. The summed E-state index contributed by atoms with van der Waals surface area (Å²) >= 11 is 13.6. The molecule has 0 aliphatic heterocycles. The summed E-state index contributed by atoms with van der Waals surface area (Å²) in [7, 11) is 1.89. The van der Waals surface area contributed by atoms with Gasteiger partial charge in [0, 0.05) is 18.4 Å². The van der Waals surface area contributed by atoms with E-state index in [1.165, 1.54) is 0 Å². The van der Waals surface area contributed by atoms with E-state index in [1.54, 1.807) is 17.8 Å². The molecule has 1 amide bonds. The van der Waals surface area contributed by atoms with Crippen LogP contribution in [0.3, 0.4) is 0 Å². The molecule has 3 aromatic rings. The summed E-state index contributed by atoms with van der Waals surface area (Å²) in [5.74, 6) is 1.25. The molecule has 2 aromatic carbocycles. The Bertz CT molecular complexity index is 1010. The molecular formula is C20H20Cl2N4OS. The van der Waals surface area contributed by atoms with Gasteiger partial charge in [-0.15, -0.1) is 10.2 Å². The first kappa shape index (κ1) is 20.7. The maximum absolute atomic E-state index is 12.5. The molecule has 28 heavy (non-hydrogen) atoms. The molecule has 5 nitrogen and oxygen atoms in total. The number of hydrogen-bond donors (Lipinski definition) is 1. The van der Waals surface area contributed by atoms with Gasteiger partial charge in [-0.2, -0.15) is 0 Å². The van der Waals surface area contributed by atoms with Crippen LogP contribution in [0.15, 0.2) is 47.6 Å². The highest BCUT2D eigenvalue weighted by Crippen LogP contribution is 2.27. The van der Waals surface area contributed by atoms with Gasteiger partial charge in [-0.05, 0) is 43.2 Å². The molecule has 1 heterocycles. The first-order chi connectivity index (χ1) is 13.4. The number of amides is 1. The molecule has 0 saturated heterocycles. The normalized spacial score (nSPS) is 12.0. The van der Waals surface area contributed by atoms with Gasteiger partial charge in [-0.25, -0.2) is 0 Å². The van der Waals surface area contributed by atoms with Gasteiger partial charge in [0.15, 0.2) is 11.0 Å². The molecule has 0 bridgehead atoms. The Morgan fingerprint density at radius 1 is 1.18 bits per heavy atom. The summed E-state index contributed by atoms with van der Waals surface area (Å²) in [5.41, 5.74) is 2.64. The van der Waals surface area contributed by atoms with Crippen LogP contribution in [0, 0.1) is 6.92 Å². The highest BCUT2D eigenvalue weighted by Gasteiger charge is 2.19. The predicted octanol–water partition coefficient (Wildman–Crippen LogP) is 5.21. The van der Waals surface area contributed by atoms with Crippen LogP contribution in [-0.4, -0.2) is 20.7 Å². The number of nitrogens with zero attached hydrogens (tertiary/aromatic N) is 3. The van der Waals surface area contributed by atoms with Crippen molar-refractivity contribution in [2.75, 3.05) is 0 Å². The van der Waals surface area contributed by atoms with Gasteiger partial charge in [-0.3, -0.25) is 4.79 Å². The third kappa shape index (κ3) is 4.69. The Morgan fingerprint density at radius 3 is 2.64 bits per heavy atom. The van der Waals surface area contributed by atoms with Crippen molar-refractivity contribution in [3.05, 3.63) is 75.0 Å². The fraction of sp³-hybridized carbons (Fsp3) is 0.250. The highest BCUT2D eigenvalue weighted by atomic mass is 35.5. The minimum Gasteiger partial charge on any atom is -0.342 e. The van der Waals surface area contributed by atoms with Crippen molar-refractivity contribution in [1.29, 1.82) is 0 Å². The number of benzene rings is 2. The van der Waals surface area contributed by atoms with Crippen LogP contribution in [0.1, 0.15) is 40.3 Å². The quantitative estimate of drug-likeness (QED) is 0.540. The maximum Gasteiger partial charge on any atom is 0.252 e. The van der Waals surface area contributed by atoms with E-state index in [1.807, 2.05) is 61.9 Å². The third-order valence-electron chi connectivity index (χ3n) is 4.35. The lowest BCUT2D eigenvalue weighted by Crippen LogP contribution is -2.29. The largest absolute Gasteiger partial charge is 0.342 e. The van der Waals surface area contributed by atoms with E-state index in [9.17, 15) is 4.79 Å². The zero-order valence-electron chi connectivity index (χ0n) is 15.7. The first-order valence-electron chi connectivity index (χ1n) is 8.69. The fourth-order valence-corrected chi connectivity index (χ4v) is 3.95. The average Bonchev–Trinajstić information content (AvgIpc) is 3.03.